The third kappa shape index (κ3) is 3.82. The van der Waals surface area contributed by atoms with Gasteiger partial charge in [0.2, 0.25) is 0 Å². The molecule has 1 fully saturated rings. The number of rotatable bonds is 6. The molecule has 0 aromatic carbocycles. The van der Waals surface area contributed by atoms with E-state index in [-0.39, 0.29) is 6.04 Å². The van der Waals surface area contributed by atoms with E-state index in [9.17, 15) is 0 Å². The second-order valence-electron chi connectivity index (χ2n) is 4.59. The van der Waals surface area contributed by atoms with E-state index in [1.54, 1.807) is 6.33 Å². The summed E-state index contributed by atoms with van der Waals surface area (Å²) < 4.78 is 5.55. The molecule has 2 heterocycles. The van der Waals surface area contributed by atoms with Crippen LogP contribution in [0.1, 0.15) is 19.8 Å². The molecule has 0 saturated carbocycles. The van der Waals surface area contributed by atoms with Crippen LogP contribution in [-0.2, 0) is 4.74 Å². The fourth-order valence-electron chi connectivity index (χ4n) is 1.87. The molecule has 4 N–H and O–H groups in total. The van der Waals surface area contributed by atoms with Gasteiger partial charge in [-0.05, 0) is 19.8 Å². The number of nitrogens with two attached hydrogens (primary N) is 1. The summed E-state index contributed by atoms with van der Waals surface area (Å²) in [5, 5.41) is 6.48. The molecule has 18 heavy (non-hydrogen) atoms. The Morgan fingerprint density at radius 1 is 1.50 bits per heavy atom. The molecular formula is C12H21N5O. The average Bonchev–Trinajstić information content (AvgIpc) is 2.90. The largest absolute Gasteiger partial charge is 0.376 e. The zero-order valence-electron chi connectivity index (χ0n) is 10.7. The van der Waals surface area contributed by atoms with Crippen molar-refractivity contribution < 1.29 is 4.74 Å². The Labute approximate surface area is 107 Å². The average molecular weight is 251 g/mol. The molecule has 1 aliphatic rings. The van der Waals surface area contributed by atoms with Crippen LogP contribution >= 0.6 is 0 Å². The highest BCUT2D eigenvalue weighted by molar-refractivity contribution is 5.46. The lowest BCUT2D eigenvalue weighted by atomic mass is 10.2. The maximum atomic E-state index is 5.56. The van der Waals surface area contributed by atoms with Gasteiger partial charge in [0.1, 0.15) is 18.0 Å². The minimum absolute atomic E-state index is 0.200. The van der Waals surface area contributed by atoms with Crippen LogP contribution in [0, 0.1) is 0 Å². The Kier molecular flexibility index (Phi) is 4.72. The predicted molar refractivity (Wildman–Crippen MR) is 71.6 cm³/mol. The topological polar surface area (TPSA) is 85.1 Å². The van der Waals surface area contributed by atoms with Gasteiger partial charge >= 0.3 is 0 Å². The second-order valence-corrected chi connectivity index (χ2v) is 4.59. The quantitative estimate of drug-likeness (QED) is 0.694. The minimum atomic E-state index is 0.200. The first kappa shape index (κ1) is 13.0. The van der Waals surface area contributed by atoms with Crippen molar-refractivity contribution in [3.05, 3.63) is 12.4 Å². The fraction of sp³-hybridized carbons (Fsp3) is 0.667. The first-order chi connectivity index (χ1) is 8.78. The summed E-state index contributed by atoms with van der Waals surface area (Å²) in [6.45, 7) is 4.25. The highest BCUT2D eigenvalue weighted by atomic mass is 16.5. The van der Waals surface area contributed by atoms with Crippen LogP contribution in [0.2, 0.25) is 0 Å². The molecule has 6 heteroatoms. The lowest BCUT2D eigenvalue weighted by molar-refractivity contribution is 0.120. The van der Waals surface area contributed by atoms with Gasteiger partial charge in [-0.2, -0.15) is 0 Å². The van der Waals surface area contributed by atoms with Gasteiger partial charge in [-0.15, -0.1) is 0 Å². The second kappa shape index (κ2) is 6.51. The molecule has 0 bridgehead atoms. The number of anilines is 2. The normalized spacial score (nSPS) is 20.7. The van der Waals surface area contributed by atoms with Gasteiger partial charge in [-0.1, -0.05) is 0 Å². The summed E-state index contributed by atoms with van der Waals surface area (Å²) in [5.74, 6) is 1.60. The molecule has 2 unspecified atom stereocenters. The first-order valence-electron chi connectivity index (χ1n) is 6.42. The Morgan fingerprint density at radius 2 is 2.33 bits per heavy atom. The van der Waals surface area contributed by atoms with Gasteiger partial charge in [0.05, 0.1) is 6.10 Å². The van der Waals surface area contributed by atoms with E-state index in [0.717, 1.165) is 37.6 Å². The monoisotopic (exact) mass is 251 g/mol. The third-order valence-electron chi connectivity index (χ3n) is 2.95. The molecule has 1 aromatic rings. The van der Waals surface area contributed by atoms with Crippen molar-refractivity contribution in [2.75, 3.05) is 30.3 Å². The summed E-state index contributed by atoms with van der Waals surface area (Å²) in [6, 6.07) is 2.09. The standard InChI is InChI=1S/C12H21N5O/c1-9(6-13)17-12-5-11(15-8-16-12)14-7-10-3-2-4-18-10/h5,8-10H,2-4,6-7,13H2,1H3,(H2,14,15,16,17). The number of hydrogen-bond donors (Lipinski definition) is 3. The van der Waals surface area contributed by atoms with Crippen molar-refractivity contribution in [1.29, 1.82) is 0 Å². The summed E-state index contributed by atoms with van der Waals surface area (Å²) in [7, 11) is 0. The lowest BCUT2D eigenvalue weighted by Gasteiger charge is -2.14. The van der Waals surface area contributed by atoms with Crippen molar-refractivity contribution in [3.8, 4) is 0 Å². The van der Waals surface area contributed by atoms with E-state index >= 15 is 0 Å². The Balaban J connectivity index is 1.86. The molecule has 2 rings (SSSR count). The molecule has 100 valence electrons. The maximum Gasteiger partial charge on any atom is 0.131 e. The zero-order valence-corrected chi connectivity index (χ0v) is 10.7. The van der Waals surface area contributed by atoms with Crippen LogP contribution in [0.15, 0.2) is 12.4 Å². The van der Waals surface area contributed by atoms with Crippen molar-refractivity contribution in [2.24, 2.45) is 5.73 Å². The number of ether oxygens (including phenoxy) is 1. The van der Waals surface area contributed by atoms with Crippen LogP contribution in [-0.4, -0.2) is 41.8 Å². The molecule has 1 aromatic heterocycles. The highest BCUT2D eigenvalue weighted by Crippen LogP contribution is 2.14. The molecule has 0 spiro atoms. The first-order valence-corrected chi connectivity index (χ1v) is 6.42. The van der Waals surface area contributed by atoms with Crippen molar-refractivity contribution in [3.63, 3.8) is 0 Å². The smallest absolute Gasteiger partial charge is 0.131 e. The van der Waals surface area contributed by atoms with E-state index < -0.39 is 0 Å². The zero-order chi connectivity index (χ0) is 12.8. The summed E-state index contributed by atoms with van der Waals surface area (Å²) in [5.41, 5.74) is 5.56. The maximum absolute atomic E-state index is 5.56. The van der Waals surface area contributed by atoms with E-state index in [1.165, 1.54) is 0 Å². The number of aromatic nitrogens is 2. The van der Waals surface area contributed by atoms with Crippen LogP contribution in [0.5, 0.6) is 0 Å². The molecule has 2 atom stereocenters. The molecule has 0 amide bonds. The van der Waals surface area contributed by atoms with Gasteiger partial charge in [0.25, 0.3) is 0 Å². The van der Waals surface area contributed by atoms with Crippen molar-refractivity contribution >= 4 is 11.6 Å². The SMILES string of the molecule is CC(CN)Nc1cc(NCC2CCCO2)ncn1. The Morgan fingerprint density at radius 3 is 3.06 bits per heavy atom. The van der Waals surface area contributed by atoms with Gasteiger partial charge < -0.3 is 21.1 Å². The van der Waals surface area contributed by atoms with Crippen LogP contribution in [0.25, 0.3) is 0 Å². The molecule has 0 aliphatic carbocycles. The highest BCUT2D eigenvalue weighted by Gasteiger charge is 2.15. The molecule has 1 aliphatic heterocycles. The van der Waals surface area contributed by atoms with Crippen LogP contribution < -0.4 is 16.4 Å². The fourth-order valence-corrected chi connectivity index (χ4v) is 1.87. The van der Waals surface area contributed by atoms with E-state index in [1.807, 2.05) is 13.0 Å². The van der Waals surface area contributed by atoms with Gasteiger partial charge in [-0.25, -0.2) is 9.97 Å². The number of hydrogen-bond acceptors (Lipinski definition) is 6. The minimum Gasteiger partial charge on any atom is -0.376 e. The molecular weight excluding hydrogens is 230 g/mol. The van der Waals surface area contributed by atoms with Crippen molar-refractivity contribution in [1.82, 2.24) is 9.97 Å². The summed E-state index contributed by atoms with van der Waals surface area (Å²) >= 11 is 0. The van der Waals surface area contributed by atoms with Gasteiger partial charge in [0.15, 0.2) is 0 Å². The van der Waals surface area contributed by atoms with Crippen molar-refractivity contribution in [2.45, 2.75) is 31.9 Å². The molecule has 6 nitrogen and oxygen atoms in total. The lowest BCUT2D eigenvalue weighted by Crippen LogP contribution is -2.25. The summed E-state index contributed by atoms with van der Waals surface area (Å²) in [4.78, 5) is 8.34. The third-order valence-corrected chi connectivity index (χ3v) is 2.95. The number of nitrogens with one attached hydrogen (secondary N) is 2. The van der Waals surface area contributed by atoms with E-state index in [0.29, 0.717) is 12.6 Å². The van der Waals surface area contributed by atoms with Gasteiger partial charge in [-0.3, -0.25) is 0 Å². The molecule has 1 saturated heterocycles. The van der Waals surface area contributed by atoms with E-state index in [2.05, 4.69) is 20.6 Å². The van der Waals surface area contributed by atoms with E-state index in [4.69, 9.17) is 10.5 Å². The van der Waals surface area contributed by atoms with Crippen LogP contribution in [0.3, 0.4) is 0 Å². The summed E-state index contributed by atoms with van der Waals surface area (Å²) in [6.07, 6.45) is 4.12. The predicted octanol–water partition coefficient (Wildman–Crippen LogP) is 0.827. The molecule has 0 radical (unpaired) electrons. The Bertz CT molecular complexity index is 367. The Hall–Kier alpha value is -1.40. The van der Waals surface area contributed by atoms with Gasteiger partial charge in [0, 0.05) is 31.8 Å². The number of nitrogens with zero attached hydrogens (tertiary/aromatic N) is 2. The van der Waals surface area contributed by atoms with Crippen LogP contribution in [0.4, 0.5) is 11.6 Å².